The lowest BCUT2D eigenvalue weighted by Gasteiger charge is -2.22. The van der Waals surface area contributed by atoms with Gasteiger partial charge in [-0.15, -0.1) is 0 Å². The number of nitrogens with zero attached hydrogens (tertiary/aromatic N) is 3. The van der Waals surface area contributed by atoms with Crippen molar-refractivity contribution in [3.63, 3.8) is 0 Å². The second-order valence-corrected chi connectivity index (χ2v) is 5.60. The molecule has 19 heavy (non-hydrogen) atoms. The molecule has 3 atom stereocenters. The van der Waals surface area contributed by atoms with Gasteiger partial charge in [0, 0.05) is 31.6 Å². The number of nitrogens with one attached hydrogen (secondary N) is 1. The maximum Gasteiger partial charge on any atom is 0.137 e. The first-order chi connectivity index (χ1) is 9.24. The number of aromatic nitrogens is 2. The van der Waals surface area contributed by atoms with Gasteiger partial charge in [-0.2, -0.15) is 0 Å². The molecule has 0 radical (unpaired) electrons. The topological polar surface area (TPSA) is 61.3 Å². The third kappa shape index (κ3) is 2.06. The van der Waals surface area contributed by atoms with Crippen molar-refractivity contribution in [2.45, 2.75) is 32.3 Å². The molecule has 2 aliphatic rings. The minimum Gasteiger partial charge on any atom is -0.393 e. The van der Waals surface area contributed by atoms with Gasteiger partial charge >= 0.3 is 0 Å². The summed E-state index contributed by atoms with van der Waals surface area (Å²) in [6.45, 7) is 4.09. The minimum absolute atomic E-state index is 0.120. The molecule has 0 bridgehead atoms. The molecule has 0 spiro atoms. The predicted molar refractivity (Wildman–Crippen MR) is 75.4 cm³/mol. The molecule has 5 nitrogen and oxygen atoms in total. The molecule has 0 aromatic carbocycles. The van der Waals surface area contributed by atoms with Crippen LogP contribution in [-0.2, 0) is 6.42 Å². The van der Waals surface area contributed by atoms with Crippen LogP contribution in [-0.4, -0.2) is 41.3 Å². The van der Waals surface area contributed by atoms with Crippen LogP contribution in [0.1, 0.15) is 25.3 Å². The molecule has 3 rings (SSSR count). The van der Waals surface area contributed by atoms with Crippen LogP contribution in [0.2, 0.25) is 0 Å². The summed E-state index contributed by atoms with van der Waals surface area (Å²) in [6.07, 6.45) is 4.54. The number of rotatable bonds is 3. The van der Waals surface area contributed by atoms with Gasteiger partial charge in [0.1, 0.15) is 18.0 Å². The van der Waals surface area contributed by atoms with Gasteiger partial charge in [-0.1, -0.05) is 6.92 Å². The van der Waals surface area contributed by atoms with Crippen molar-refractivity contribution in [3.8, 4) is 0 Å². The molecule has 2 heterocycles. The Labute approximate surface area is 114 Å². The number of aliphatic hydroxyl groups excluding tert-OH is 1. The largest absolute Gasteiger partial charge is 0.393 e. The lowest BCUT2D eigenvalue weighted by atomic mass is 10.00. The minimum atomic E-state index is -0.120. The fourth-order valence-corrected chi connectivity index (χ4v) is 3.63. The predicted octanol–water partition coefficient (Wildman–Crippen LogP) is 1.29. The maximum absolute atomic E-state index is 10.0. The Morgan fingerprint density at radius 2 is 2.21 bits per heavy atom. The average molecular weight is 262 g/mol. The van der Waals surface area contributed by atoms with Crippen molar-refractivity contribution < 1.29 is 5.11 Å². The van der Waals surface area contributed by atoms with Crippen LogP contribution in [0.25, 0.3) is 0 Å². The first-order valence-electron chi connectivity index (χ1n) is 7.19. The molecule has 1 aliphatic carbocycles. The summed E-state index contributed by atoms with van der Waals surface area (Å²) < 4.78 is 0. The van der Waals surface area contributed by atoms with Crippen LogP contribution in [0.3, 0.4) is 0 Å². The van der Waals surface area contributed by atoms with E-state index in [1.54, 1.807) is 6.33 Å². The van der Waals surface area contributed by atoms with Crippen LogP contribution in [0, 0.1) is 11.8 Å². The fourth-order valence-electron chi connectivity index (χ4n) is 3.63. The standard InChI is InChI=1S/C14H22N4O/c1-3-10-13(15-2)16-8-17-14(10)18-6-9-4-5-12(19)11(9)7-18/h8-9,11-12,19H,3-7H2,1-2H3,(H,15,16,17). The first-order valence-corrected chi connectivity index (χ1v) is 7.19. The number of hydrogen-bond donors (Lipinski definition) is 2. The molecule has 104 valence electrons. The number of hydrogen-bond acceptors (Lipinski definition) is 5. The molecule has 0 amide bonds. The monoisotopic (exact) mass is 262 g/mol. The number of aliphatic hydroxyl groups is 1. The van der Waals surface area contributed by atoms with Gasteiger partial charge in [0.25, 0.3) is 0 Å². The molecule has 1 saturated heterocycles. The Morgan fingerprint density at radius 3 is 2.89 bits per heavy atom. The summed E-state index contributed by atoms with van der Waals surface area (Å²) in [6, 6.07) is 0. The van der Waals surface area contributed by atoms with Gasteiger partial charge in [0.15, 0.2) is 0 Å². The van der Waals surface area contributed by atoms with E-state index in [0.717, 1.165) is 44.0 Å². The highest BCUT2D eigenvalue weighted by Gasteiger charge is 2.42. The third-order valence-corrected chi connectivity index (χ3v) is 4.63. The van der Waals surface area contributed by atoms with E-state index >= 15 is 0 Å². The Bertz CT molecular complexity index is 465. The van der Waals surface area contributed by atoms with E-state index in [2.05, 4.69) is 27.1 Å². The molecule has 1 aromatic rings. The van der Waals surface area contributed by atoms with Crippen LogP contribution in [0.5, 0.6) is 0 Å². The lowest BCUT2D eigenvalue weighted by Crippen LogP contribution is -2.26. The van der Waals surface area contributed by atoms with E-state index in [4.69, 9.17) is 0 Å². The van der Waals surface area contributed by atoms with Crippen molar-refractivity contribution in [2.24, 2.45) is 11.8 Å². The van der Waals surface area contributed by atoms with E-state index in [0.29, 0.717) is 11.8 Å². The van der Waals surface area contributed by atoms with Crippen LogP contribution in [0.4, 0.5) is 11.6 Å². The Morgan fingerprint density at radius 1 is 1.37 bits per heavy atom. The van der Waals surface area contributed by atoms with Gasteiger partial charge in [0.05, 0.1) is 6.10 Å². The van der Waals surface area contributed by atoms with Crippen LogP contribution in [0.15, 0.2) is 6.33 Å². The summed E-state index contributed by atoms with van der Waals surface area (Å²) >= 11 is 0. The summed E-state index contributed by atoms with van der Waals surface area (Å²) in [5, 5.41) is 13.2. The Kier molecular flexibility index (Phi) is 3.31. The second kappa shape index (κ2) is 4.96. The fraction of sp³-hybridized carbons (Fsp3) is 0.714. The van der Waals surface area contributed by atoms with Crippen molar-refractivity contribution >= 4 is 11.6 Å². The molecular formula is C14H22N4O. The van der Waals surface area contributed by atoms with Gasteiger partial charge in [-0.3, -0.25) is 0 Å². The van der Waals surface area contributed by atoms with Crippen LogP contribution < -0.4 is 10.2 Å². The number of anilines is 2. The van der Waals surface area contributed by atoms with Crippen molar-refractivity contribution in [1.82, 2.24) is 9.97 Å². The molecule has 1 aliphatic heterocycles. The van der Waals surface area contributed by atoms with Gasteiger partial charge in [-0.05, 0) is 25.2 Å². The summed E-state index contributed by atoms with van der Waals surface area (Å²) in [5.41, 5.74) is 1.18. The molecule has 2 fully saturated rings. The first kappa shape index (κ1) is 12.7. The lowest BCUT2D eigenvalue weighted by molar-refractivity contribution is 0.133. The van der Waals surface area contributed by atoms with E-state index in [9.17, 15) is 5.11 Å². The van der Waals surface area contributed by atoms with Crippen molar-refractivity contribution in [3.05, 3.63) is 11.9 Å². The summed E-state index contributed by atoms with van der Waals surface area (Å²) in [5.74, 6) is 3.03. The molecular weight excluding hydrogens is 240 g/mol. The highest BCUT2D eigenvalue weighted by molar-refractivity contribution is 5.59. The third-order valence-electron chi connectivity index (χ3n) is 4.63. The van der Waals surface area contributed by atoms with E-state index < -0.39 is 0 Å². The smallest absolute Gasteiger partial charge is 0.137 e. The summed E-state index contributed by atoms with van der Waals surface area (Å²) in [7, 11) is 1.90. The van der Waals surface area contributed by atoms with E-state index in [-0.39, 0.29) is 6.10 Å². The number of fused-ring (bicyclic) bond motifs is 1. The Balaban J connectivity index is 1.88. The van der Waals surface area contributed by atoms with Gasteiger partial charge in [0.2, 0.25) is 0 Å². The average Bonchev–Trinajstić information content (AvgIpc) is 3.00. The maximum atomic E-state index is 10.0. The van der Waals surface area contributed by atoms with Crippen LogP contribution >= 0.6 is 0 Å². The zero-order chi connectivity index (χ0) is 13.4. The van der Waals surface area contributed by atoms with Crippen molar-refractivity contribution in [1.29, 1.82) is 0 Å². The summed E-state index contributed by atoms with van der Waals surface area (Å²) in [4.78, 5) is 11.1. The highest BCUT2D eigenvalue weighted by Crippen LogP contribution is 2.40. The molecule has 1 saturated carbocycles. The second-order valence-electron chi connectivity index (χ2n) is 5.60. The van der Waals surface area contributed by atoms with Gasteiger partial charge < -0.3 is 15.3 Å². The quantitative estimate of drug-likeness (QED) is 0.859. The molecule has 1 aromatic heterocycles. The zero-order valence-electron chi connectivity index (χ0n) is 11.6. The highest BCUT2D eigenvalue weighted by atomic mass is 16.3. The molecule has 5 heteroatoms. The van der Waals surface area contributed by atoms with Crippen molar-refractivity contribution in [2.75, 3.05) is 30.4 Å². The molecule has 2 N–H and O–H groups in total. The molecule has 3 unspecified atom stereocenters. The Hall–Kier alpha value is -1.36. The van der Waals surface area contributed by atoms with Gasteiger partial charge in [-0.25, -0.2) is 9.97 Å². The SMILES string of the molecule is CCc1c(NC)ncnc1N1CC2CCC(O)C2C1. The van der Waals surface area contributed by atoms with E-state index in [1.807, 2.05) is 7.05 Å². The van der Waals surface area contributed by atoms with E-state index in [1.165, 1.54) is 5.56 Å². The normalized spacial score (nSPS) is 29.6. The zero-order valence-corrected chi connectivity index (χ0v) is 11.6.